The van der Waals surface area contributed by atoms with Crippen LogP contribution in [0.5, 0.6) is 0 Å². The van der Waals surface area contributed by atoms with Crippen molar-refractivity contribution in [1.82, 2.24) is 9.55 Å². The number of benzene rings is 2. The smallest absolute Gasteiger partial charge is 0.337 e. The van der Waals surface area contributed by atoms with Crippen molar-refractivity contribution in [3.63, 3.8) is 0 Å². The van der Waals surface area contributed by atoms with Gasteiger partial charge in [-0.1, -0.05) is 49.4 Å². The van der Waals surface area contributed by atoms with Gasteiger partial charge in [-0.15, -0.1) is 0 Å². The Labute approximate surface area is 193 Å². The first-order valence-electron chi connectivity index (χ1n) is 9.89. The standard InChI is InChI=1S/C23H23BrFN3O4/c1-14(13-29)19(15-7-4-3-5-8-15)27-21-22(30)28(12-18(24)26-21)20(25)16-9-6-10-17(11-16)23(31)32-2/h3-12,14,19-20,29H,13H2,1-2H3,(H,26,27)/t14-,19+,20?/m0/s1. The van der Waals surface area contributed by atoms with E-state index in [4.69, 9.17) is 0 Å². The number of carbonyl (C=O) groups excluding carboxylic acids is 1. The summed E-state index contributed by atoms with van der Waals surface area (Å²) in [7, 11) is 1.24. The lowest BCUT2D eigenvalue weighted by molar-refractivity contribution is 0.0600. The number of nitrogens with zero attached hydrogens (tertiary/aromatic N) is 2. The van der Waals surface area contributed by atoms with Crippen LogP contribution >= 0.6 is 15.9 Å². The van der Waals surface area contributed by atoms with Gasteiger partial charge in [0, 0.05) is 24.3 Å². The Morgan fingerprint density at radius 2 is 1.91 bits per heavy atom. The minimum atomic E-state index is -1.86. The second kappa shape index (κ2) is 10.5. The van der Waals surface area contributed by atoms with E-state index in [0.29, 0.717) is 0 Å². The van der Waals surface area contributed by atoms with Crippen molar-refractivity contribution >= 4 is 27.7 Å². The molecule has 7 nitrogen and oxygen atoms in total. The number of aliphatic hydroxyl groups excluding tert-OH is 1. The highest BCUT2D eigenvalue weighted by Gasteiger charge is 2.23. The molecule has 32 heavy (non-hydrogen) atoms. The lowest BCUT2D eigenvalue weighted by atomic mass is 9.95. The number of esters is 1. The molecule has 1 heterocycles. The van der Waals surface area contributed by atoms with Crippen LogP contribution in [0.25, 0.3) is 0 Å². The molecule has 0 radical (unpaired) electrons. The predicted molar refractivity (Wildman–Crippen MR) is 122 cm³/mol. The Morgan fingerprint density at radius 3 is 2.56 bits per heavy atom. The van der Waals surface area contributed by atoms with E-state index in [9.17, 15) is 14.7 Å². The molecule has 3 aromatic rings. The Balaban J connectivity index is 2.00. The molecule has 0 saturated heterocycles. The molecule has 2 aromatic carbocycles. The van der Waals surface area contributed by atoms with Crippen molar-refractivity contribution in [1.29, 1.82) is 0 Å². The van der Waals surface area contributed by atoms with Crippen molar-refractivity contribution in [2.24, 2.45) is 5.92 Å². The molecule has 9 heteroatoms. The average Bonchev–Trinajstić information content (AvgIpc) is 2.83. The molecule has 3 rings (SSSR count). The minimum Gasteiger partial charge on any atom is -0.465 e. The van der Waals surface area contributed by atoms with E-state index in [1.54, 1.807) is 0 Å². The molecule has 0 bridgehead atoms. The number of hydrogen-bond donors (Lipinski definition) is 2. The summed E-state index contributed by atoms with van der Waals surface area (Å²) in [6.45, 7) is 1.71. The van der Waals surface area contributed by atoms with Crippen molar-refractivity contribution in [2.75, 3.05) is 19.0 Å². The molecule has 0 aliphatic carbocycles. The number of rotatable bonds is 8. The van der Waals surface area contributed by atoms with E-state index >= 15 is 4.39 Å². The molecule has 0 spiro atoms. The van der Waals surface area contributed by atoms with Crippen LogP contribution in [0.4, 0.5) is 10.2 Å². The highest BCUT2D eigenvalue weighted by molar-refractivity contribution is 9.10. The summed E-state index contributed by atoms with van der Waals surface area (Å²) in [5.74, 6) is -0.919. The number of aliphatic hydroxyl groups is 1. The number of alkyl halides is 1. The second-order valence-corrected chi connectivity index (χ2v) is 8.08. The van der Waals surface area contributed by atoms with Crippen molar-refractivity contribution in [2.45, 2.75) is 19.3 Å². The number of methoxy groups -OCH3 is 1. The fourth-order valence-corrected chi connectivity index (χ4v) is 3.70. The molecule has 0 fully saturated rings. The van der Waals surface area contributed by atoms with Gasteiger partial charge in [-0.3, -0.25) is 9.36 Å². The minimum absolute atomic E-state index is 0.0692. The summed E-state index contributed by atoms with van der Waals surface area (Å²) >= 11 is 3.24. The zero-order valence-corrected chi connectivity index (χ0v) is 19.1. The van der Waals surface area contributed by atoms with Crippen LogP contribution < -0.4 is 10.9 Å². The summed E-state index contributed by atoms with van der Waals surface area (Å²) in [5, 5.41) is 12.8. The number of halogens is 2. The van der Waals surface area contributed by atoms with Gasteiger partial charge in [0.05, 0.1) is 18.7 Å². The maximum absolute atomic E-state index is 15.4. The number of hydrogen-bond acceptors (Lipinski definition) is 6. The largest absolute Gasteiger partial charge is 0.465 e. The van der Waals surface area contributed by atoms with Crippen LogP contribution in [-0.2, 0) is 4.74 Å². The number of carbonyl (C=O) groups is 1. The molecule has 1 unspecified atom stereocenters. The molecule has 3 atom stereocenters. The molecule has 168 valence electrons. The SMILES string of the molecule is COC(=O)c1cccc(C(F)n2cc(Br)nc(N[C@@H](c3ccccc3)[C@@H](C)CO)c2=O)c1. The first-order chi connectivity index (χ1) is 15.3. The van der Waals surface area contributed by atoms with Crippen LogP contribution in [-0.4, -0.2) is 34.3 Å². The van der Waals surface area contributed by atoms with Crippen LogP contribution in [0.2, 0.25) is 0 Å². The van der Waals surface area contributed by atoms with Gasteiger partial charge in [0.15, 0.2) is 5.82 Å². The van der Waals surface area contributed by atoms with Gasteiger partial charge in [-0.05, 0) is 33.6 Å². The molecular formula is C23H23BrFN3O4. The maximum Gasteiger partial charge on any atom is 0.337 e. The van der Waals surface area contributed by atoms with Gasteiger partial charge < -0.3 is 15.2 Å². The molecule has 2 N–H and O–H groups in total. The van der Waals surface area contributed by atoms with Crippen molar-refractivity contribution in [3.8, 4) is 0 Å². The molecule has 1 aromatic heterocycles. The van der Waals surface area contributed by atoms with Gasteiger partial charge in [0.25, 0.3) is 5.56 Å². The summed E-state index contributed by atoms with van der Waals surface area (Å²) in [4.78, 5) is 29.1. The summed E-state index contributed by atoms with van der Waals surface area (Å²) in [5.41, 5.74) is 0.454. The zero-order chi connectivity index (χ0) is 23.3. The first-order valence-corrected chi connectivity index (χ1v) is 10.7. The van der Waals surface area contributed by atoms with Crippen LogP contribution in [0, 0.1) is 5.92 Å². The molecule has 0 amide bonds. The highest BCUT2D eigenvalue weighted by Crippen LogP contribution is 2.26. The van der Waals surface area contributed by atoms with E-state index < -0.39 is 23.9 Å². The summed E-state index contributed by atoms with van der Waals surface area (Å²) in [6, 6.07) is 14.7. The molecule has 0 aliphatic heterocycles. The Morgan fingerprint density at radius 1 is 1.22 bits per heavy atom. The molecule has 0 aliphatic rings. The number of anilines is 1. The predicted octanol–water partition coefficient (Wildman–Crippen LogP) is 4.09. The normalized spacial score (nSPS) is 13.8. The number of aromatic nitrogens is 2. The molecule has 0 saturated carbocycles. The van der Waals surface area contributed by atoms with Crippen LogP contribution in [0.3, 0.4) is 0 Å². The third kappa shape index (κ3) is 5.23. The monoisotopic (exact) mass is 503 g/mol. The number of ether oxygens (including phenoxy) is 1. The Kier molecular flexibility index (Phi) is 7.76. The number of nitrogens with one attached hydrogen (secondary N) is 1. The van der Waals surface area contributed by atoms with Crippen molar-refractivity contribution < 1.29 is 19.0 Å². The third-order valence-corrected chi connectivity index (χ3v) is 5.42. The third-order valence-electron chi connectivity index (χ3n) is 5.04. The van der Waals surface area contributed by atoms with E-state index in [1.165, 1.54) is 37.6 Å². The van der Waals surface area contributed by atoms with Gasteiger partial charge in [0.1, 0.15) is 4.60 Å². The van der Waals surface area contributed by atoms with E-state index in [0.717, 1.165) is 10.1 Å². The van der Waals surface area contributed by atoms with E-state index in [1.807, 2.05) is 37.3 Å². The fourth-order valence-electron chi connectivity index (χ4n) is 3.30. The van der Waals surface area contributed by atoms with Crippen LogP contribution in [0.15, 0.2) is 70.2 Å². The van der Waals surface area contributed by atoms with E-state index in [2.05, 4.69) is 31.0 Å². The van der Waals surface area contributed by atoms with Gasteiger partial charge in [0.2, 0.25) is 6.30 Å². The maximum atomic E-state index is 15.4. The van der Waals surface area contributed by atoms with Gasteiger partial charge >= 0.3 is 5.97 Å². The summed E-state index contributed by atoms with van der Waals surface area (Å²) < 4.78 is 21.2. The Hall–Kier alpha value is -3.04. The average molecular weight is 504 g/mol. The van der Waals surface area contributed by atoms with Crippen molar-refractivity contribution in [3.05, 3.63) is 92.4 Å². The molecular weight excluding hydrogens is 481 g/mol. The zero-order valence-electron chi connectivity index (χ0n) is 17.5. The first kappa shape index (κ1) is 23.6. The summed E-state index contributed by atoms with van der Waals surface area (Å²) in [6.07, 6.45) is -0.617. The lowest BCUT2D eigenvalue weighted by Crippen LogP contribution is -2.30. The fraction of sp³-hybridized carbons (Fsp3) is 0.261. The topological polar surface area (TPSA) is 93.5 Å². The van der Waals surface area contributed by atoms with Gasteiger partial charge in [-0.25, -0.2) is 14.2 Å². The quantitative estimate of drug-likeness (QED) is 0.449. The van der Waals surface area contributed by atoms with Gasteiger partial charge in [-0.2, -0.15) is 0 Å². The van der Waals surface area contributed by atoms with E-state index in [-0.39, 0.29) is 34.1 Å². The second-order valence-electron chi connectivity index (χ2n) is 7.27. The highest BCUT2D eigenvalue weighted by atomic mass is 79.9. The van der Waals surface area contributed by atoms with Crippen LogP contribution in [0.1, 0.15) is 40.7 Å². The Bertz CT molecular complexity index is 1140. The lowest BCUT2D eigenvalue weighted by Gasteiger charge is -2.25.